The second-order valence-corrected chi connectivity index (χ2v) is 11.5. The van der Waals surface area contributed by atoms with E-state index in [9.17, 15) is 14.1 Å². The lowest BCUT2D eigenvalue weighted by Gasteiger charge is -2.21. The van der Waals surface area contributed by atoms with E-state index >= 15 is 0 Å². The number of Topliss-reactive ketones (excluding diaryl/α,β-unsaturated/α-hetero) is 1. The maximum atomic E-state index is 13.0. The Balaban J connectivity index is 1.84. The van der Waals surface area contributed by atoms with Crippen LogP contribution in [0.4, 0.5) is 0 Å². The van der Waals surface area contributed by atoms with E-state index in [4.69, 9.17) is 9.20 Å². The Bertz CT molecular complexity index is 1020. The van der Waals surface area contributed by atoms with Gasteiger partial charge in [-0.1, -0.05) is 39.0 Å². The minimum absolute atomic E-state index is 0.0586. The molecule has 1 heterocycles. The third-order valence-electron chi connectivity index (χ3n) is 6.04. The summed E-state index contributed by atoms with van der Waals surface area (Å²) in [4.78, 5) is 13.0. The van der Waals surface area contributed by atoms with E-state index < -0.39 is 21.1 Å². The van der Waals surface area contributed by atoms with Crippen LogP contribution in [0, 0.1) is 10.7 Å². The average Bonchev–Trinajstić information content (AvgIpc) is 3.34. The molecular weight excluding hydrogens is 398 g/mol. The van der Waals surface area contributed by atoms with Crippen molar-refractivity contribution in [3.63, 3.8) is 0 Å². The predicted molar refractivity (Wildman–Crippen MR) is 118 cm³/mol. The molecule has 2 atom stereocenters. The topological polar surface area (TPSA) is 91.4 Å². The van der Waals surface area contributed by atoms with Gasteiger partial charge in [-0.15, -0.1) is 0 Å². The number of aliphatic hydroxyl groups is 1. The van der Waals surface area contributed by atoms with Gasteiger partial charge in [0.05, 0.1) is 17.6 Å². The monoisotopic (exact) mass is 431 g/mol. The standard InChI is InChI=1S/C24H33NO4S/c1-15(2)20-7-6-8-21(16(3)17-9-10-17)22(20)12-19(26)14-30(25,28)23-11-18(13-29-23)24(4,5)27/h6-8,11,13,15-17,25,27H,9-10,12,14H2,1-5H3. The third kappa shape index (κ3) is 5.03. The maximum Gasteiger partial charge on any atom is 0.199 e. The second kappa shape index (κ2) is 8.31. The summed E-state index contributed by atoms with van der Waals surface area (Å²) < 4.78 is 26.5. The zero-order chi connectivity index (χ0) is 22.3. The molecule has 0 radical (unpaired) electrons. The molecule has 1 aliphatic rings. The first-order valence-corrected chi connectivity index (χ1v) is 12.3. The molecule has 2 aromatic rings. The number of ketones is 1. The molecule has 1 aliphatic carbocycles. The number of hydrogen-bond donors (Lipinski definition) is 2. The van der Waals surface area contributed by atoms with E-state index in [1.54, 1.807) is 13.8 Å². The summed E-state index contributed by atoms with van der Waals surface area (Å²) in [5.41, 5.74) is 2.66. The molecule has 0 spiro atoms. The molecule has 3 rings (SSSR count). The zero-order valence-corrected chi connectivity index (χ0v) is 19.3. The van der Waals surface area contributed by atoms with Crippen molar-refractivity contribution in [3.8, 4) is 0 Å². The highest BCUT2D eigenvalue weighted by Gasteiger charge is 2.32. The van der Waals surface area contributed by atoms with Crippen LogP contribution >= 0.6 is 0 Å². The molecule has 6 heteroatoms. The van der Waals surface area contributed by atoms with Gasteiger partial charge in [0, 0.05) is 18.1 Å². The molecule has 0 amide bonds. The molecule has 164 valence electrons. The molecule has 2 N–H and O–H groups in total. The van der Waals surface area contributed by atoms with Crippen molar-refractivity contribution in [1.82, 2.24) is 0 Å². The molecule has 0 bridgehead atoms. The minimum atomic E-state index is -3.42. The van der Waals surface area contributed by atoms with Crippen molar-refractivity contribution in [2.45, 2.75) is 76.4 Å². The highest BCUT2D eigenvalue weighted by Crippen LogP contribution is 2.44. The third-order valence-corrected chi connectivity index (χ3v) is 7.63. The van der Waals surface area contributed by atoms with E-state index in [1.807, 2.05) is 0 Å². The van der Waals surface area contributed by atoms with E-state index in [0.29, 0.717) is 17.4 Å². The van der Waals surface area contributed by atoms with Crippen LogP contribution in [0.3, 0.4) is 0 Å². The Morgan fingerprint density at radius 1 is 1.27 bits per heavy atom. The fraction of sp³-hybridized carbons (Fsp3) is 0.542. The normalized spacial score (nSPS) is 17.7. The molecule has 5 nitrogen and oxygen atoms in total. The molecule has 30 heavy (non-hydrogen) atoms. The van der Waals surface area contributed by atoms with Crippen LogP contribution in [0.15, 0.2) is 40.0 Å². The Hall–Kier alpha value is -1.92. The van der Waals surface area contributed by atoms with Gasteiger partial charge in [0.2, 0.25) is 0 Å². The van der Waals surface area contributed by atoms with Gasteiger partial charge in [0.25, 0.3) is 0 Å². The van der Waals surface area contributed by atoms with E-state index in [2.05, 4.69) is 39.0 Å². The fourth-order valence-electron chi connectivity index (χ4n) is 4.00. The van der Waals surface area contributed by atoms with Crippen LogP contribution in [0.5, 0.6) is 0 Å². The van der Waals surface area contributed by atoms with Crippen LogP contribution in [0.25, 0.3) is 0 Å². The number of carbonyl (C=O) groups excluding carboxylic acids is 1. The van der Waals surface area contributed by atoms with E-state index in [0.717, 1.165) is 11.1 Å². The lowest BCUT2D eigenvalue weighted by Crippen LogP contribution is -2.19. The summed E-state index contributed by atoms with van der Waals surface area (Å²) >= 11 is 0. The van der Waals surface area contributed by atoms with Crippen molar-refractivity contribution in [2.75, 3.05) is 5.75 Å². The largest absolute Gasteiger partial charge is 0.454 e. The zero-order valence-electron chi connectivity index (χ0n) is 18.5. The van der Waals surface area contributed by atoms with Crippen LogP contribution in [-0.2, 0) is 26.5 Å². The van der Waals surface area contributed by atoms with E-state index in [1.165, 1.54) is 30.7 Å². The van der Waals surface area contributed by atoms with Gasteiger partial charge in [0.1, 0.15) is 9.73 Å². The fourth-order valence-corrected chi connectivity index (χ4v) is 5.22. The average molecular weight is 432 g/mol. The SMILES string of the molecule is CC(C)c1cccc(C(C)C2CC2)c1CC(=O)CS(=N)(=O)c1cc(C(C)(C)O)co1. The number of furan rings is 1. The summed E-state index contributed by atoms with van der Waals surface area (Å²) in [5.74, 6) is 0.721. The Kier molecular flexibility index (Phi) is 6.30. The first-order valence-electron chi connectivity index (χ1n) is 10.6. The first-order chi connectivity index (χ1) is 13.9. The van der Waals surface area contributed by atoms with Crippen LogP contribution in [0.1, 0.15) is 81.5 Å². The molecule has 0 aliphatic heterocycles. The van der Waals surface area contributed by atoms with Gasteiger partial charge in [-0.3, -0.25) is 4.79 Å². The first kappa shape index (κ1) is 22.8. The summed E-state index contributed by atoms with van der Waals surface area (Å²) in [6, 6.07) is 7.66. The lowest BCUT2D eigenvalue weighted by molar-refractivity contribution is -0.116. The van der Waals surface area contributed by atoms with Crippen molar-refractivity contribution in [3.05, 3.63) is 52.8 Å². The van der Waals surface area contributed by atoms with E-state index in [-0.39, 0.29) is 23.2 Å². The second-order valence-electron chi connectivity index (χ2n) is 9.44. The number of carbonyl (C=O) groups is 1. The summed E-state index contributed by atoms with van der Waals surface area (Å²) in [6.45, 7) is 9.63. The summed E-state index contributed by atoms with van der Waals surface area (Å²) in [6.07, 6.45) is 3.93. The van der Waals surface area contributed by atoms with Gasteiger partial charge in [-0.25, -0.2) is 8.99 Å². The van der Waals surface area contributed by atoms with Gasteiger partial charge in [-0.2, -0.15) is 0 Å². The number of benzene rings is 1. The quantitative estimate of drug-likeness (QED) is 0.559. The van der Waals surface area contributed by atoms with Crippen molar-refractivity contribution in [1.29, 1.82) is 4.78 Å². The van der Waals surface area contributed by atoms with Gasteiger partial charge in [0.15, 0.2) is 10.9 Å². The number of hydrogen-bond acceptors (Lipinski definition) is 5. The number of rotatable bonds is 9. The summed E-state index contributed by atoms with van der Waals surface area (Å²) in [5, 5.41) is 10.0. The summed E-state index contributed by atoms with van der Waals surface area (Å²) in [7, 11) is -3.42. The Morgan fingerprint density at radius 2 is 1.90 bits per heavy atom. The van der Waals surface area contributed by atoms with Gasteiger partial charge in [-0.05, 0) is 61.1 Å². The Morgan fingerprint density at radius 3 is 2.43 bits per heavy atom. The molecule has 1 saturated carbocycles. The highest BCUT2D eigenvalue weighted by molar-refractivity contribution is 7.93. The highest BCUT2D eigenvalue weighted by atomic mass is 32.2. The van der Waals surface area contributed by atoms with Gasteiger partial charge >= 0.3 is 0 Å². The lowest BCUT2D eigenvalue weighted by atomic mass is 9.84. The molecule has 2 unspecified atom stereocenters. The Labute approximate surface area is 179 Å². The predicted octanol–water partition coefficient (Wildman–Crippen LogP) is 5.36. The molecule has 0 saturated heterocycles. The van der Waals surface area contributed by atoms with Crippen molar-refractivity contribution in [2.24, 2.45) is 5.92 Å². The molecule has 1 fully saturated rings. The van der Waals surface area contributed by atoms with Gasteiger partial charge < -0.3 is 9.52 Å². The van der Waals surface area contributed by atoms with Crippen molar-refractivity contribution < 1.29 is 18.5 Å². The molecular formula is C24H33NO4S. The minimum Gasteiger partial charge on any atom is -0.454 e. The smallest absolute Gasteiger partial charge is 0.199 e. The van der Waals surface area contributed by atoms with Crippen LogP contribution in [0.2, 0.25) is 0 Å². The van der Waals surface area contributed by atoms with Crippen LogP contribution in [-0.4, -0.2) is 20.9 Å². The maximum absolute atomic E-state index is 13.0. The van der Waals surface area contributed by atoms with Crippen molar-refractivity contribution >= 4 is 15.5 Å². The van der Waals surface area contributed by atoms with Crippen LogP contribution < -0.4 is 0 Å². The number of nitrogens with one attached hydrogen (secondary N) is 1. The molecule has 1 aromatic heterocycles. The molecule has 1 aromatic carbocycles.